The molecular formula is C28H26F3N5O. The molecule has 6 nitrogen and oxygen atoms in total. The minimum absolute atomic E-state index is 0.0165. The summed E-state index contributed by atoms with van der Waals surface area (Å²) < 4.78 is 44.9. The molecule has 1 aliphatic carbocycles. The Hall–Kier alpha value is -4.14. The molecule has 190 valence electrons. The van der Waals surface area contributed by atoms with Gasteiger partial charge in [0, 0.05) is 29.7 Å². The second-order valence-electron chi connectivity index (χ2n) is 9.10. The Morgan fingerprint density at radius 3 is 2.62 bits per heavy atom. The Morgan fingerprint density at radius 1 is 1.05 bits per heavy atom. The number of hydrogen-bond donors (Lipinski definition) is 1. The normalized spacial score (nSPS) is 14.7. The fraction of sp³-hybridized carbons (Fsp3) is 0.250. The molecule has 0 amide bonds. The molecule has 2 aromatic carbocycles. The van der Waals surface area contributed by atoms with Crippen molar-refractivity contribution in [3.63, 3.8) is 0 Å². The summed E-state index contributed by atoms with van der Waals surface area (Å²) in [5, 5.41) is 4.24. The number of anilines is 1. The number of para-hydroxylation sites is 2. The molecule has 0 atom stereocenters. The van der Waals surface area contributed by atoms with Crippen molar-refractivity contribution in [1.29, 1.82) is 0 Å². The third-order valence-corrected chi connectivity index (χ3v) is 5.93. The first-order chi connectivity index (χ1) is 17.7. The number of aliphatic imine (C=N–C) groups is 1. The van der Waals surface area contributed by atoms with E-state index in [2.05, 4.69) is 15.0 Å². The van der Waals surface area contributed by atoms with E-state index < -0.39 is 6.36 Å². The molecule has 0 aromatic heterocycles. The number of hydrogen-bond acceptors (Lipinski definition) is 5. The van der Waals surface area contributed by atoms with Gasteiger partial charge in [0.1, 0.15) is 5.75 Å². The summed E-state index contributed by atoms with van der Waals surface area (Å²) in [6.07, 6.45) is -1.19. The maximum Gasteiger partial charge on any atom is 0.573 e. The average molecular weight is 506 g/mol. The first-order valence-corrected chi connectivity index (χ1v) is 12.0. The molecule has 0 spiro atoms. The van der Waals surface area contributed by atoms with Gasteiger partial charge in [0.15, 0.2) is 0 Å². The van der Waals surface area contributed by atoms with Crippen LogP contribution in [0.1, 0.15) is 33.6 Å². The van der Waals surface area contributed by atoms with Gasteiger partial charge in [0.25, 0.3) is 0 Å². The Bertz CT molecular complexity index is 1570. The molecule has 1 N–H and O–H groups in total. The van der Waals surface area contributed by atoms with Crippen molar-refractivity contribution in [3.05, 3.63) is 77.4 Å². The summed E-state index contributed by atoms with van der Waals surface area (Å²) in [4.78, 5) is 14.2. The van der Waals surface area contributed by atoms with Crippen LogP contribution in [0.2, 0.25) is 0 Å². The molecule has 37 heavy (non-hydrogen) atoms. The van der Waals surface area contributed by atoms with E-state index in [-0.39, 0.29) is 11.8 Å². The van der Waals surface area contributed by atoms with Gasteiger partial charge in [-0.3, -0.25) is 9.98 Å². The van der Waals surface area contributed by atoms with E-state index in [1.165, 1.54) is 12.1 Å². The number of rotatable bonds is 5. The van der Waals surface area contributed by atoms with Gasteiger partial charge in [-0.25, -0.2) is 4.98 Å². The predicted molar refractivity (Wildman–Crippen MR) is 139 cm³/mol. The zero-order valence-corrected chi connectivity index (χ0v) is 20.7. The highest BCUT2D eigenvalue weighted by Gasteiger charge is 2.31. The summed E-state index contributed by atoms with van der Waals surface area (Å²) >= 11 is 0. The zero-order chi connectivity index (χ0) is 26.2. The number of halogens is 3. The van der Waals surface area contributed by atoms with Crippen LogP contribution < -0.4 is 15.4 Å². The maximum absolute atomic E-state index is 12.9. The molecule has 3 aliphatic rings. The van der Waals surface area contributed by atoms with Crippen molar-refractivity contribution in [3.8, 4) is 22.8 Å². The van der Waals surface area contributed by atoms with Crippen molar-refractivity contribution in [2.45, 2.75) is 46.0 Å². The minimum Gasteiger partial charge on any atom is -0.406 e. The lowest BCUT2D eigenvalue weighted by Crippen LogP contribution is -2.19. The van der Waals surface area contributed by atoms with Gasteiger partial charge in [0.2, 0.25) is 0 Å². The van der Waals surface area contributed by atoms with Gasteiger partial charge in [-0.1, -0.05) is 18.2 Å². The highest BCUT2D eigenvalue weighted by atomic mass is 19.4. The largest absolute Gasteiger partial charge is 0.573 e. The average Bonchev–Trinajstić information content (AvgIpc) is 2.83. The second-order valence-corrected chi connectivity index (χ2v) is 9.10. The highest BCUT2D eigenvalue weighted by molar-refractivity contribution is 5.84. The number of benzene rings is 3. The molecule has 2 aromatic rings. The van der Waals surface area contributed by atoms with Gasteiger partial charge >= 0.3 is 6.36 Å². The third-order valence-electron chi connectivity index (χ3n) is 5.93. The molecule has 9 heteroatoms. The van der Waals surface area contributed by atoms with Crippen LogP contribution in [-0.2, 0) is 0 Å². The number of nitrogens with one attached hydrogen (secondary N) is 1. The van der Waals surface area contributed by atoms with Crippen LogP contribution in [0.25, 0.3) is 28.1 Å². The number of nitrogens with zero attached hydrogens (tertiary/aromatic N) is 4. The molecule has 5 rings (SSSR count). The van der Waals surface area contributed by atoms with Crippen LogP contribution in [0.3, 0.4) is 0 Å². The number of aromatic nitrogens is 2. The van der Waals surface area contributed by atoms with E-state index in [0.29, 0.717) is 22.6 Å². The van der Waals surface area contributed by atoms with E-state index >= 15 is 0 Å². The number of ether oxygens (including phenoxy) is 1. The van der Waals surface area contributed by atoms with Gasteiger partial charge in [-0.15, -0.1) is 13.2 Å². The molecule has 0 unspecified atom stereocenters. The van der Waals surface area contributed by atoms with Crippen molar-refractivity contribution in [2.75, 3.05) is 5.32 Å². The maximum atomic E-state index is 12.9. The quantitative estimate of drug-likeness (QED) is 0.302. The zero-order valence-electron chi connectivity index (χ0n) is 20.7. The van der Waals surface area contributed by atoms with Crippen molar-refractivity contribution >= 4 is 22.9 Å². The predicted octanol–water partition coefficient (Wildman–Crippen LogP) is 6.85. The Kier molecular flexibility index (Phi) is 6.45. The van der Waals surface area contributed by atoms with Crippen LogP contribution in [0.4, 0.5) is 18.9 Å². The first kappa shape index (κ1) is 24.5. The fourth-order valence-electron chi connectivity index (χ4n) is 4.41. The minimum atomic E-state index is -4.79. The smallest absolute Gasteiger partial charge is 0.406 e. The first-order valence-electron chi connectivity index (χ1n) is 12.0. The monoisotopic (exact) mass is 505 g/mol. The summed E-state index contributed by atoms with van der Waals surface area (Å²) in [5.41, 5.74) is 6.09. The van der Waals surface area contributed by atoms with Crippen molar-refractivity contribution < 1.29 is 17.9 Å². The fourth-order valence-corrected chi connectivity index (χ4v) is 4.41. The third kappa shape index (κ3) is 5.35. The van der Waals surface area contributed by atoms with E-state index in [4.69, 9.17) is 9.98 Å². The second kappa shape index (κ2) is 9.72. The molecule has 0 saturated heterocycles. The molecule has 0 fully saturated rings. The lowest BCUT2D eigenvalue weighted by atomic mass is 10.1. The Balaban J connectivity index is 1.77. The van der Waals surface area contributed by atoms with Crippen LogP contribution in [0.15, 0.2) is 82.0 Å². The van der Waals surface area contributed by atoms with E-state index in [9.17, 15) is 13.2 Å². The van der Waals surface area contributed by atoms with Crippen molar-refractivity contribution in [2.24, 2.45) is 9.98 Å². The van der Waals surface area contributed by atoms with E-state index in [0.717, 1.165) is 40.8 Å². The van der Waals surface area contributed by atoms with Crippen LogP contribution in [0, 0.1) is 0 Å². The van der Waals surface area contributed by atoms with Crippen LogP contribution in [-0.4, -0.2) is 28.2 Å². The van der Waals surface area contributed by atoms with E-state index in [1.54, 1.807) is 12.1 Å². The molecule has 0 radical (unpaired) electrons. The number of fused-ring (bicyclic) bond motifs is 2. The summed E-state index contributed by atoms with van der Waals surface area (Å²) in [7, 11) is 0. The highest BCUT2D eigenvalue weighted by Crippen LogP contribution is 2.32. The summed E-state index contributed by atoms with van der Waals surface area (Å²) in [6.45, 7) is 5.95. The van der Waals surface area contributed by atoms with Gasteiger partial charge in [-0.05, 0) is 70.0 Å². The Labute approximate surface area is 212 Å². The number of allylic oxidation sites excluding steroid dienone is 2. The topological polar surface area (TPSA) is 63.8 Å². The molecule has 2 aliphatic heterocycles. The number of alkyl halides is 3. The lowest BCUT2D eigenvalue weighted by molar-refractivity contribution is -0.274. The molecule has 0 saturated carbocycles. The lowest BCUT2D eigenvalue weighted by Gasteiger charge is -2.22. The SMILES string of the molecule is CC1=C(Nc2cc3nc4ccccc4n(-c4cccc(OC(F)(F)F)c4)c-3cc2=NC(C)C)CCC=N1. The molecule has 2 heterocycles. The van der Waals surface area contributed by atoms with Gasteiger partial charge in [0.05, 0.1) is 39.2 Å². The Morgan fingerprint density at radius 2 is 1.86 bits per heavy atom. The van der Waals surface area contributed by atoms with Gasteiger partial charge < -0.3 is 14.6 Å². The summed E-state index contributed by atoms with van der Waals surface area (Å²) in [6, 6.07) is 17.3. The van der Waals surface area contributed by atoms with Crippen LogP contribution in [0.5, 0.6) is 5.75 Å². The van der Waals surface area contributed by atoms with E-state index in [1.807, 2.05) is 68.0 Å². The van der Waals surface area contributed by atoms with Crippen LogP contribution >= 0.6 is 0 Å². The summed E-state index contributed by atoms with van der Waals surface area (Å²) in [5.74, 6) is -0.294. The standard InChI is InChI=1S/C28H26F3N5O/c1-17(2)33-24-16-27-25(15-23(24)34-21-11-7-13-32-18(21)3)35-22-10-4-5-12-26(22)36(27)19-8-6-9-20(14-19)37-28(29,30)31/h4-6,8-10,12-17,34H,7,11H2,1-3H3. The van der Waals surface area contributed by atoms with Gasteiger partial charge in [-0.2, -0.15) is 0 Å². The molecular weight excluding hydrogens is 479 g/mol. The van der Waals surface area contributed by atoms with Crippen molar-refractivity contribution in [1.82, 2.24) is 9.55 Å². The molecule has 0 bridgehead atoms.